The molecule has 1 fully saturated rings. The fourth-order valence-electron chi connectivity index (χ4n) is 1.40. The molecule has 3 nitrogen and oxygen atoms in total. The van der Waals surface area contributed by atoms with Crippen molar-refractivity contribution in [1.82, 2.24) is 5.32 Å². The second kappa shape index (κ2) is 3.88. The largest absolute Gasteiger partial charge is 0.508 e. The predicted octanol–water partition coefficient (Wildman–Crippen LogP) is 1.83. The molecule has 0 spiro atoms. The van der Waals surface area contributed by atoms with Gasteiger partial charge in [0.15, 0.2) is 0 Å². The van der Waals surface area contributed by atoms with E-state index in [0.29, 0.717) is 11.8 Å². The third-order valence-corrected chi connectivity index (χ3v) is 2.26. The molecule has 0 aliphatic carbocycles. The van der Waals surface area contributed by atoms with Gasteiger partial charge < -0.3 is 15.2 Å². The lowest BCUT2D eigenvalue weighted by molar-refractivity contribution is 0.316. The maximum atomic E-state index is 9.58. The van der Waals surface area contributed by atoms with E-state index in [0.717, 1.165) is 30.9 Å². The van der Waals surface area contributed by atoms with Gasteiger partial charge in [0.05, 0.1) is 6.61 Å². The summed E-state index contributed by atoms with van der Waals surface area (Å²) in [5, 5.41) is 12.7. The Bertz CT molecular complexity index is 321. The van der Waals surface area contributed by atoms with E-state index in [9.17, 15) is 5.11 Å². The first kappa shape index (κ1) is 9.34. The van der Waals surface area contributed by atoms with Gasteiger partial charge in [-0.15, -0.1) is 0 Å². The normalized spacial score (nSPS) is 19.4. The van der Waals surface area contributed by atoms with Crippen molar-refractivity contribution in [3.8, 4) is 11.5 Å². The molecule has 3 heteroatoms. The minimum absolute atomic E-state index is 0.320. The van der Waals surface area contributed by atoms with E-state index < -0.39 is 0 Å². The lowest BCUT2D eigenvalue weighted by atomic mass is 10.1. The number of hydrogen-bond donors (Lipinski definition) is 2. The zero-order valence-corrected chi connectivity index (χ0v) is 8.29. The van der Waals surface area contributed by atoms with Crippen molar-refractivity contribution in [2.45, 2.75) is 19.4 Å². The van der Waals surface area contributed by atoms with Gasteiger partial charge in [-0.25, -0.2) is 0 Å². The lowest BCUT2D eigenvalue weighted by Crippen LogP contribution is -1.96. The first-order chi connectivity index (χ1) is 6.81. The van der Waals surface area contributed by atoms with Crippen LogP contribution in [0.1, 0.15) is 24.9 Å². The van der Waals surface area contributed by atoms with Crippen molar-refractivity contribution >= 4 is 0 Å². The number of hydrogen-bond acceptors (Lipinski definition) is 3. The van der Waals surface area contributed by atoms with Gasteiger partial charge in [-0.2, -0.15) is 0 Å². The lowest BCUT2D eigenvalue weighted by Gasteiger charge is -2.07. The maximum absolute atomic E-state index is 9.58. The topological polar surface area (TPSA) is 51.4 Å². The van der Waals surface area contributed by atoms with E-state index >= 15 is 0 Å². The van der Waals surface area contributed by atoms with Crippen LogP contribution in [0.2, 0.25) is 0 Å². The van der Waals surface area contributed by atoms with Crippen molar-refractivity contribution in [2.75, 3.05) is 13.2 Å². The van der Waals surface area contributed by atoms with Gasteiger partial charge in [0.1, 0.15) is 11.5 Å². The summed E-state index contributed by atoms with van der Waals surface area (Å²) in [4.78, 5) is 0. The van der Waals surface area contributed by atoms with Gasteiger partial charge in [0.2, 0.25) is 0 Å². The smallest absolute Gasteiger partial charge is 0.120 e. The summed E-state index contributed by atoms with van der Waals surface area (Å²) in [6.45, 7) is 3.75. The Morgan fingerprint density at radius 1 is 1.57 bits per heavy atom. The SMILES string of the molecule is CCCOc1ccc(O)c([C@H]2CN2)c1. The highest BCUT2D eigenvalue weighted by Crippen LogP contribution is 2.32. The summed E-state index contributed by atoms with van der Waals surface area (Å²) in [5.74, 6) is 1.19. The van der Waals surface area contributed by atoms with Crippen LogP contribution in [0.3, 0.4) is 0 Å². The van der Waals surface area contributed by atoms with E-state index in [1.165, 1.54) is 0 Å². The molecule has 1 saturated heterocycles. The maximum Gasteiger partial charge on any atom is 0.120 e. The van der Waals surface area contributed by atoms with E-state index in [-0.39, 0.29) is 0 Å². The van der Waals surface area contributed by atoms with Crippen LogP contribution in [-0.2, 0) is 0 Å². The van der Waals surface area contributed by atoms with Gasteiger partial charge in [-0.1, -0.05) is 6.92 Å². The van der Waals surface area contributed by atoms with Gasteiger partial charge in [-0.05, 0) is 24.6 Å². The predicted molar refractivity (Wildman–Crippen MR) is 54.6 cm³/mol. The van der Waals surface area contributed by atoms with Crippen molar-refractivity contribution in [3.05, 3.63) is 23.8 Å². The van der Waals surface area contributed by atoms with Gasteiger partial charge in [0.25, 0.3) is 0 Å². The van der Waals surface area contributed by atoms with Gasteiger partial charge >= 0.3 is 0 Å². The summed E-state index contributed by atoms with van der Waals surface area (Å²) < 4.78 is 5.49. The molecule has 2 N–H and O–H groups in total. The highest BCUT2D eigenvalue weighted by atomic mass is 16.5. The number of nitrogens with one attached hydrogen (secondary N) is 1. The molecule has 0 bridgehead atoms. The first-order valence-corrected chi connectivity index (χ1v) is 5.00. The number of aromatic hydroxyl groups is 1. The minimum atomic E-state index is 0.320. The molecule has 1 aromatic rings. The highest BCUT2D eigenvalue weighted by molar-refractivity contribution is 5.43. The molecule has 1 aliphatic rings. The summed E-state index contributed by atoms with van der Waals surface area (Å²) in [6.07, 6.45) is 0.998. The molecule has 14 heavy (non-hydrogen) atoms. The van der Waals surface area contributed by atoms with Crippen LogP contribution in [-0.4, -0.2) is 18.3 Å². The van der Waals surface area contributed by atoms with Crippen LogP contribution < -0.4 is 10.1 Å². The molecule has 1 aliphatic heterocycles. The Labute approximate surface area is 83.7 Å². The number of phenols is 1. The number of ether oxygens (including phenoxy) is 1. The van der Waals surface area contributed by atoms with Crippen molar-refractivity contribution in [1.29, 1.82) is 0 Å². The Kier molecular flexibility index (Phi) is 2.59. The van der Waals surface area contributed by atoms with Crippen LogP contribution in [0.4, 0.5) is 0 Å². The Balaban J connectivity index is 2.13. The van der Waals surface area contributed by atoms with Crippen LogP contribution in [0.25, 0.3) is 0 Å². The molecule has 0 aromatic heterocycles. The number of rotatable bonds is 4. The van der Waals surface area contributed by atoms with Crippen molar-refractivity contribution in [2.24, 2.45) is 0 Å². The van der Waals surface area contributed by atoms with E-state index in [2.05, 4.69) is 12.2 Å². The second-order valence-corrected chi connectivity index (χ2v) is 3.53. The van der Waals surface area contributed by atoms with E-state index in [4.69, 9.17) is 4.74 Å². The number of benzene rings is 1. The average molecular weight is 193 g/mol. The fourth-order valence-corrected chi connectivity index (χ4v) is 1.40. The first-order valence-electron chi connectivity index (χ1n) is 5.00. The van der Waals surface area contributed by atoms with Crippen LogP contribution in [0.15, 0.2) is 18.2 Å². The fraction of sp³-hybridized carbons (Fsp3) is 0.455. The molecule has 76 valence electrons. The molecular formula is C11H15NO2. The quantitative estimate of drug-likeness (QED) is 0.717. The molecule has 1 aromatic carbocycles. The molecule has 0 unspecified atom stereocenters. The number of phenolic OH excluding ortho intramolecular Hbond substituents is 1. The zero-order valence-electron chi connectivity index (χ0n) is 8.29. The van der Waals surface area contributed by atoms with Gasteiger partial charge in [0, 0.05) is 18.2 Å². The highest BCUT2D eigenvalue weighted by Gasteiger charge is 2.25. The molecule has 0 saturated carbocycles. The standard InChI is InChI=1S/C11H15NO2/c1-2-5-14-8-3-4-11(13)9(6-8)10-7-12-10/h3-4,6,10,12-13H,2,5,7H2,1H3/t10-/m1/s1. The minimum Gasteiger partial charge on any atom is -0.508 e. The van der Waals surface area contributed by atoms with Crippen molar-refractivity contribution < 1.29 is 9.84 Å². The van der Waals surface area contributed by atoms with E-state index in [1.54, 1.807) is 12.1 Å². The summed E-state index contributed by atoms with van der Waals surface area (Å²) in [7, 11) is 0. The van der Waals surface area contributed by atoms with Crippen molar-refractivity contribution in [3.63, 3.8) is 0 Å². The average Bonchev–Trinajstić information content (AvgIpc) is 3.00. The Hall–Kier alpha value is -1.22. The molecule has 0 radical (unpaired) electrons. The van der Waals surface area contributed by atoms with Gasteiger partial charge in [-0.3, -0.25) is 0 Å². The molecule has 1 atom stereocenters. The van der Waals surface area contributed by atoms with Crippen LogP contribution in [0.5, 0.6) is 11.5 Å². The zero-order chi connectivity index (χ0) is 9.97. The monoisotopic (exact) mass is 193 g/mol. The molecule has 0 amide bonds. The summed E-state index contributed by atoms with van der Waals surface area (Å²) >= 11 is 0. The molecule has 2 rings (SSSR count). The van der Waals surface area contributed by atoms with Crippen LogP contribution in [0, 0.1) is 0 Å². The summed E-state index contributed by atoms with van der Waals surface area (Å²) in [6, 6.07) is 5.73. The molecule has 1 heterocycles. The molecular weight excluding hydrogens is 178 g/mol. The third kappa shape index (κ3) is 1.99. The van der Waals surface area contributed by atoms with E-state index in [1.807, 2.05) is 6.07 Å². The second-order valence-electron chi connectivity index (χ2n) is 3.53. The van der Waals surface area contributed by atoms with Crippen LogP contribution >= 0.6 is 0 Å². The summed E-state index contributed by atoms with van der Waals surface area (Å²) in [5.41, 5.74) is 0.943. The third-order valence-electron chi connectivity index (χ3n) is 2.26. The Morgan fingerprint density at radius 3 is 3.00 bits per heavy atom. The Morgan fingerprint density at radius 2 is 2.36 bits per heavy atom.